The standard InChI is InChI=1S/C19H20O2/c1-13-4-6-16(18(8-13)21-12-20)9-15(3)19-10-14(2)5-7-17(19)11-19/h4-10,12,17H,11H2,1-3H3/b15-9+. The van der Waals surface area contributed by atoms with E-state index in [0.29, 0.717) is 18.1 Å². The zero-order valence-corrected chi connectivity index (χ0v) is 12.7. The van der Waals surface area contributed by atoms with Crippen molar-refractivity contribution in [1.82, 2.24) is 0 Å². The summed E-state index contributed by atoms with van der Waals surface area (Å²) in [6.07, 6.45) is 10.2. The third-order valence-electron chi connectivity index (χ3n) is 4.59. The van der Waals surface area contributed by atoms with Crippen molar-refractivity contribution >= 4 is 12.5 Å². The van der Waals surface area contributed by atoms with Crippen LogP contribution in [0, 0.1) is 18.3 Å². The second-order valence-electron chi connectivity index (χ2n) is 6.18. The van der Waals surface area contributed by atoms with Crippen molar-refractivity contribution in [2.45, 2.75) is 27.2 Å². The van der Waals surface area contributed by atoms with E-state index < -0.39 is 0 Å². The Balaban J connectivity index is 1.96. The molecule has 0 N–H and O–H groups in total. The van der Waals surface area contributed by atoms with Crippen LogP contribution in [-0.4, -0.2) is 6.47 Å². The second-order valence-corrected chi connectivity index (χ2v) is 6.18. The summed E-state index contributed by atoms with van der Waals surface area (Å²) in [7, 11) is 0. The van der Waals surface area contributed by atoms with E-state index in [1.165, 1.54) is 17.6 Å². The summed E-state index contributed by atoms with van der Waals surface area (Å²) in [6, 6.07) is 5.96. The quantitative estimate of drug-likeness (QED) is 0.761. The third kappa shape index (κ3) is 2.46. The Hall–Kier alpha value is -2.09. The van der Waals surface area contributed by atoms with Crippen molar-refractivity contribution in [3.63, 3.8) is 0 Å². The molecule has 2 nitrogen and oxygen atoms in total. The van der Waals surface area contributed by atoms with Crippen LogP contribution in [0.25, 0.3) is 6.08 Å². The molecule has 1 aromatic carbocycles. The van der Waals surface area contributed by atoms with Crippen molar-refractivity contribution < 1.29 is 9.53 Å². The molecule has 3 rings (SSSR count). The van der Waals surface area contributed by atoms with Crippen LogP contribution in [0.4, 0.5) is 0 Å². The number of benzene rings is 1. The Morgan fingerprint density at radius 1 is 1.38 bits per heavy atom. The van der Waals surface area contributed by atoms with Gasteiger partial charge in [0.2, 0.25) is 0 Å². The number of allylic oxidation sites excluding steroid dienone is 5. The zero-order valence-electron chi connectivity index (χ0n) is 12.7. The van der Waals surface area contributed by atoms with Gasteiger partial charge < -0.3 is 4.74 Å². The van der Waals surface area contributed by atoms with Crippen molar-refractivity contribution in [3.05, 3.63) is 58.7 Å². The molecular formula is C19H20O2. The van der Waals surface area contributed by atoms with E-state index >= 15 is 0 Å². The summed E-state index contributed by atoms with van der Waals surface area (Å²) in [5.74, 6) is 1.25. The lowest BCUT2D eigenvalue weighted by Crippen LogP contribution is -2.05. The number of hydrogen-bond acceptors (Lipinski definition) is 2. The maximum Gasteiger partial charge on any atom is 0.298 e. The van der Waals surface area contributed by atoms with Crippen molar-refractivity contribution in [1.29, 1.82) is 0 Å². The van der Waals surface area contributed by atoms with Gasteiger partial charge in [0.15, 0.2) is 0 Å². The lowest BCUT2D eigenvalue weighted by Gasteiger charge is -2.17. The Labute approximate surface area is 125 Å². The lowest BCUT2D eigenvalue weighted by molar-refractivity contribution is -0.120. The highest BCUT2D eigenvalue weighted by atomic mass is 16.5. The smallest absolute Gasteiger partial charge is 0.298 e. The van der Waals surface area contributed by atoms with Gasteiger partial charge in [0.25, 0.3) is 6.47 Å². The minimum atomic E-state index is 0.183. The van der Waals surface area contributed by atoms with Crippen LogP contribution in [0.5, 0.6) is 5.75 Å². The largest absolute Gasteiger partial charge is 0.428 e. The monoisotopic (exact) mass is 280 g/mol. The third-order valence-corrected chi connectivity index (χ3v) is 4.59. The molecule has 0 saturated heterocycles. The highest BCUT2D eigenvalue weighted by Crippen LogP contribution is 2.62. The maximum absolute atomic E-state index is 10.7. The molecule has 0 amide bonds. The normalized spacial score (nSPS) is 26.9. The van der Waals surface area contributed by atoms with E-state index in [4.69, 9.17) is 4.74 Å². The van der Waals surface area contributed by atoms with E-state index in [-0.39, 0.29) is 5.41 Å². The van der Waals surface area contributed by atoms with E-state index in [0.717, 1.165) is 11.1 Å². The molecule has 2 unspecified atom stereocenters. The molecule has 0 heterocycles. The number of fused-ring (bicyclic) bond motifs is 1. The first-order valence-corrected chi connectivity index (χ1v) is 7.32. The first-order chi connectivity index (χ1) is 10.0. The summed E-state index contributed by atoms with van der Waals surface area (Å²) in [5.41, 5.74) is 4.88. The molecule has 2 atom stereocenters. The van der Waals surface area contributed by atoms with Gasteiger partial charge in [-0.1, -0.05) is 47.6 Å². The zero-order chi connectivity index (χ0) is 15.0. The van der Waals surface area contributed by atoms with Crippen molar-refractivity contribution in [3.8, 4) is 5.75 Å². The van der Waals surface area contributed by atoms with Crippen LogP contribution in [-0.2, 0) is 4.79 Å². The molecule has 0 spiro atoms. The molecular weight excluding hydrogens is 260 g/mol. The van der Waals surface area contributed by atoms with Crippen LogP contribution in [0.2, 0.25) is 0 Å². The van der Waals surface area contributed by atoms with Gasteiger partial charge in [0.05, 0.1) is 0 Å². The lowest BCUT2D eigenvalue weighted by atomic mass is 9.87. The highest BCUT2D eigenvalue weighted by Gasteiger charge is 2.52. The van der Waals surface area contributed by atoms with Gasteiger partial charge in [0.1, 0.15) is 5.75 Å². The molecule has 0 aliphatic heterocycles. The van der Waals surface area contributed by atoms with Crippen LogP contribution in [0.1, 0.15) is 31.4 Å². The van der Waals surface area contributed by atoms with Gasteiger partial charge in [-0.3, -0.25) is 4.79 Å². The Kier molecular flexibility index (Phi) is 3.32. The number of aryl methyl sites for hydroxylation is 1. The predicted octanol–water partition coefficient (Wildman–Crippen LogP) is 4.46. The number of carbonyl (C=O) groups excluding carboxylic acids is 1. The van der Waals surface area contributed by atoms with Gasteiger partial charge in [-0.25, -0.2) is 0 Å². The summed E-state index contributed by atoms with van der Waals surface area (Å²) in [4.78, 5) is 10.7. The molecule has 0 bridgehead atoms. The maximum atomic E-state index is 10.7. The first kappa shape index (κ1) is 13.9. The molecule has 2 aliphatic carbocycles. The number of rotatable bonds is 4. The van der Waals surface area contributed by atoms with Gasteiger partial charge in [-0.2, -0.15) is 0 Å². The molecule has 1 fully saturated rings. The van der Waals surface area contributed by atoms with Gasteiger partial charge in [-0.05, 0) is 44.7 Å². The first-order valence-electron chi connectivity index (χ1n) is 7.32. The SMILES string of the molecule is CC1=CC2(/C(C)=C/c3ccc(C)cc3OC=O)CC2C=C1. The Bertz CT molecular complexity index is 679. The fraction of sp³-hybridized carbons (Fsp3) is 0.316. The number of carbonyl (C=O) groups is 1. The average Bonchev–Trinajstić information content (AvgIpc) is 3.17. The molecule has 1 saturated carbocycles. The van der Waals surface area contributed by atoms with E-state index in [2.05, 4.69) is 38.2 Å². The molecule has 0 radical (unpaired) electrons. The average molecular weight is 280 g/mol. The fourth-order valence-corrected chi connectivity index (χ4v) is 3.28. The summed E-state index contributed by atoms with van der Waals surface area (Å²) in [6.45, 7) is 6.80. The number of ether oxygens (including phenoxy) is 1. The minimum absolute atomic E-state index is 0.183. The summed E-state index contributed by atoms with van der Waals surface area (Å²) < 4.78 is 5.12. The number of hydrogen-bond donors (Lipinski definition) is 0. The van der Waals surface area contributed by atoms with E-state index in [9.17, 15) is 4.79 Å². The van der Waals surface area contributed by atoms with E-state index in [1.54, 1.807) is 0 Å². The molecule has 21 heavy (non-hydrogen) atoms. The Morgan fingerprint density at radius 3 is 2.95 bits per heavy atom. The second kappa shape index (κ2) is 5.03. The van der Waals surface area contributed by atoms with Crippen LogP contribution >= 0.6 is 0 Å². The fourth-order valence-electron chi connectivity index (χ4n) is 3.28. The molecule has 0 aromatic heterocycles. The topological polar surface area (TPSA) is 26.3 Å². The van der Waals surface area contributed by atoms with Crippen molar-refractivity contribution in [2.75, 3.05) is 0 Å². The van der Waals surface area contributed by atoms with Gasteiger partial charge >= 0.3 is 0 Å². The van der Waals surface area contributed by atoms with Gasteiger partial charge in [0, 0.05) is 11.0 Å². The summed E-state index contributed by atoms with van der Waals surface area (Å²) in [5, 5.41) is 0. The molecule has 108 valence electrons. The highest BCUT2D eigenvalue weighted by molar-refractivity contribution is 5.65. The van der Waals surface area contributed by atoms with Crippen LogP contribution < -0.4 is 4.74 Å². The molecule has 2 aliphatic rings. The van der Waals surface area contributed by atoms with E-state index in [1.807, 2.05) is 25.1 Å². The van der Waals surface area contributed by atoms with Crippen molar-refractivity contribution in [2.24, 2.45) is 11.3 Å². The van der Waals surface area contributed by atoms with Crippen LogP contribution in [0.15, 0.2) is 47.6 Å². The summed E-state index contributed by atoms with van der Waals surface area (Å²) >= 11 is 0. The molecule has 1 aromatic rings. The molecule has 2 heteroatoms. The minimum Gasteiger partial charge on any atom is -0.428 e. The predicted molar refractivity (Wildman–Crippen MR) is 85.0 cm³/mol. The van der Waals surface area contributed by atoms with Crippen LogP contribution in [0.3, 0.4) is 0 Å². The van der Waals surface area contributed by atoms with Gasteiger partial charge in [-0.15, -0.1) is 0 Å². The Morgan fingerprint density at radius 2 is 2.19 bits per heavy atom.